The molecule has 3 saturated heterocycles. The minimum Gasteiger partial charge on any atom is -0.461 e. The molecule has 1 aromatic carbocycles. The number of aromatic nitrogens is 3. The van der Waals surface area contributed by atoms with E-state index in [2.05, 4.69) is 20.7 Å². The molecule has 43 heavy (non-hydrogen) atoms. The fraction of sp³-hybridized carbons (Fsp3) is 0.500. The van der Waals surface area contributed by atoms with Crippen LogP contribution in [0.5, 0.6) is 6.01 Å². The van der Waals surface area contributed by atoms with E-state index in [1.165, 1.54) is 18.9 Å². The largest absolute Gasteiger partial charge is 0.461 e. The van der Waals surface area contributed by atoms with Crippen molar-refractivity contribution in [1.29, 1.82) is 0 Å². The smallest absolute Gasteiger partial charge is 0.316 e. The second kappa shape index (κ2) is 10.1. The van der Waals surface area contributed by atoms with Gasteiger partial charge in [0.1, 0.15) is 18.0 Å². The summed E-state index contributed by atoms with van der Waals surface area (Å²) in [6.07, 6.45) is 19.4. The highest BCUT2D eigenvalue weighted by Gasteiger charge is 2.51. The summed E-state index contributed by atoms with van der Waals surface area (Å²) in [4.78, 5) is 18.7. The van der Waals surface area contributed by atoms with Crippen LogP contribution < -0.4 is 10.5 Å². The van der Waals surface area contributed by atoms with Gasteiger partial charge < -0.3 is 15.6 Å². The monoisotopic (exact) mass is 580 g/mol. The Bertz CT molecular complexity index is 1650. The molecule has 0 spiro atoms. The molecule has 9 heteroatoms. The van der Waals surface area contributed by atoms with Crippen LogP contribution >= 0.6 is 0 Å². The molecule has 0 amide bonds. The molecule has 4 atom stereocenters. The summed E-state index contributed by atoms with van der Waals surface area (Å²) >= 11 is 0. The molecular weight excluding hydrogens is 543 g/mol. The Hall–Kier alpha value is -3.42. The third-order valence-electron chi connectivity index (χ3n) is 11.0. The Kier molecular flexibility index (Phi) is 6.35. The molecule has 222 valence electrons. The number of aliphatic hydroxyl groups is 1. The molecule has 4 unspecified atom stereocenters. The molecule has 2 aromatic heterocycles. The summed E-state index contributed by atoms with van der Waals surface area (Å²) in [6.45, 7) is 4.16. The SMILES string of the molecule is C#Cc1ccc(F)c2c1C=CC(O)(c1cc3nc(OCC45CCCN4CCC5)ncc3cn1)C2N1CC2CCC(C1)C2N. The first-order chi connectivity index (χ1) is 20.9. The minimum atomic E-state index is -1.63. The maximum atomic E-state index is 15.8. The Morgan fingerprint density at radius 3 is 2.60 bits per heavy atom. The third kappa shape index (κ3) is 4.22. The normalized spacial score (nSPS) is 31.2. The third-order valence-corrected chi connectivity index (χ3v) is 11.0. The zero-order chi connectivity index (χ0) is 29.3. The van der Waals surface area contributed by atoms with Crippen LogP contribution in [0.25, 0.3) is 17.0 Å². The van der Waals surface area contributed by atoms with E-state index in [1.54, 1.807) is 36.7 Å². The second-order valence-electron chi connectivity index (χ2n) is 13.2. The Balaban J connectivity index is 1.18. The molecule has 8 rings (SSSR count). The summed E-state index contributed by atoms with van der Waals surface area (Å²) < 4.78 is 22.0. The lowest BCUT2D eigenvalue weighted by Crippen LogP contribution is -2.54. The van der Waals surface area contributed by atoms with E-state index < -0.39 is 17.5 Å². The Morgan fingerprint density at radius 2 is 1.86 bits per heavy atom. The van der Waals surface area contributed by atoms with E-state index >= 15 is 4.39 Å². The van der Waals surface area contributed by atoms with Gasteiger partial charge in [0.25, 0.3) is 0 Å². The van der Waals surface area contributed by atoms with Crippen LogP contribution in [0.1, 0.15) is 67.0 Å². The van der Waals surface area contributed by atoms with Crippen molar-refractivity contribution in [2.24, 2.45) is 17.6 Å². The number of hydrogen-bond donors (Lipinski definition) is 2. The van der Waals surface area contributed by atoms with E-state index in [-0.39, 0.29) is 11.6 Å². The fourth-order valence-electron chi connectivity index (χ4n) is 8.77. The molecule has 8 nitrogen and oxygen atoms in total. The maximum Gasteiger partial charge on any atom is 0.316 e. The van der Waals surface area contributed by atoms with Crippen LogP contribution in [0.4, 0.5) is 4.39 Å². The highest BCUT2D eigenvalue weighted by atomic mass is 19.1. The van der Waals surface area contributed by atoms with E-state index in [9.17, 15) is 5.11 Å². The molecule has 1 saturated carbocycles. The van der Waals surface area contributed by atoms with Crippen LogP contribution in [0.3, 0.4) is 0 Å². The van der Waals surface area contributed by atoms with E-state index in [1.807, 2.05) is 0 Å². The van der Waals surface area contributed by atoms with Crippen LogP contribution in [0, 0.1) is 30.0 Å². The quantitative estimate of drug-likeness (QED) is 0.440. The van der Waals surface area contributed by atoms with Crippen molar-refractivity contribution in [3.8, 4) is 18.4 Å². The average Bonchev–Trinajstić information content (AvgIpc) is 3.65. The number of benzene rings is 1. The number of nitrogens with zero attached hydrogens (tertiary/aromatic N) is 5. The second-order valence-corrected chi connectivity index (χ2v) is 13.2. The van der Waals surface area contributed by atoms with Crippen molar-refractivity contribution in [1.82, 2.24) is 24.8 Å². The Labute approximate surface area is 251 Å². The van der Waals surface area contributed by atoms with Gasteiger partial charge in [0.15, 0.2) is 0 Å². The molecular formula is C34H37FN6O2. The molecule has 3 N–H and O–H groups in total. The van der Waals surface area contributed by atoms with Crippen molar-refractivity contribution in [3.63, 3.8) is 0 Å². The van der Waals surface area contributed by atoms with Crippen molar-refractivity contribution in [2.45, 2.75) is 61.7 Å². The van der Waals surface area contributed by atoms with Gasteiger partial charge in [-0.05, 0) is 93.3 Å². The number of ether oxygens (including phenoxy) is 1. The number of hydrogen-bond acceptors (Lipinski definition) is 8. The standard InChI is InChI=1S/C34H37FN6O2/c1-2-21-7-8-26(35)29-25(21)9-12-34(42,31(29)40-18-22-5-6-23(19-40)30(22)36)28-15-27-24(16-37-28)17-38-32(39-27)43-20-33-10-3-13-41(33)14-4-11-33/h1,7-9,12,15-17,22-23,30-31,42H,3-6,10-11,13-14,18-20,36H2. The summed E-state index contributed by atoms with van der Waals surface area (Å²) in [7, 11) is 0. The number of halogens is 1. The lowest BCUT2D eigenvalue weighted by molar-refractivity contribution is -0.0425. The highest BCUT2D eigenvalue weighted by Crippen LogP contribution is 2.50. The predicted octanol–water partition coefficient (Wildman–Crippen LogP) is 3.78. The highest BCUT2D eigenvalue weighted by molar-refractivity contribution is 5.78. The van der Waals surface area contributed by atoms with Gasteiger partial charge in [-0.15, -0.1) is 6.42 Å². The number of fused-ring (bicyclic) bond motifs is 5. The topological polar surface area (TPSA) is 101 Å². The first-order valence-corrected chi connectivity index (χ1v) is 15.6. The lowest BCUT2D eigenvalue weighted by Gasteiger charge is -2.48. The molecule has 5 aliphatic rings. The van der Waals surface area contributed by atoms with Crippen LogP contribution in [-0.2, 0) is 5.60 Å². The zero-order valence-corrected chi connectivity index (χ0v) is 24.3. The number of pyridine rings is 1. The maximum absolute atomic E-state index is 15.8. The van der Waals surface area contributed by atoms with Crippen LogP contribution in [-0.4, -0.2) is 74.2 Å². The number of terminal acetylenes is 1. The molecule has 0 radical (unpaired) electrons. The van der Waals surface area contributed by atoms with Gasteiger partial charge in [0, 0.05) is 48.0 Å². The van der Waals surface area contributed by atoms with E-state index in [0.717, 1.165) is 44.2 Å². The number of rotatable bonds is 5. The molecule has 3 aromatic rings. The zero-order valence-electron chi connectivity index (χ0n) is 24.3. The van der Waals surface area contributed by atoms with Gasteiger partial charge in [0.05, 0.1) is 22.8 Å². The summed E-state index contributed by atoms with van der Waals surface area (Å²) in [5.41, 5.74) is 7.64. The van der Waals surface area contributed by atoms with E-state index in [0.29, 0.717) is 65.4 Å². The molecule has 3 aliphatic heterocycles. The summed E-state index contributed by atoms with van der Waals surface area (Å²) in [5, 5.41) is 13.3. The number of nitrogens with two attached hydrogens (primary N) is 1. The first kappa shape index (κ1) is 27.2. The van der Waals surface area contributed by atoms with Gasteiger partial charge in [-0.3, -0.25) is 14.8 Å². The van der Waals surface area contributed by atoms with Crippen LogP contribution in [0.2, 0.25) is 0 Å². The van der Waals surface area contributed by atoms with E-state index in [4.69, 9.17) is 26.9 Å². The fourth-order valence-corrected chi connectivity index (χ4v) is 8.77. The minimum absolute atomic E-state index is 0.0854. The average molecular weight is 581 g/mol. The predicted molar refractivity (Wildman–Crippen MR) is 161 cm³/mol. The number of piperidine rings is 1. The van der Waals surface area contributed by atoms with Gasteiger partial charge >= 0.3 is 6.01 Å². The Morgan fingerprint density at radius 1 is 1.12 bits per heavy atom. The molecule has 4 fully saturated rings. The van der Waals surface area contributed by atoms with Crippen molar-refractivity contribution in [3.05, 3.63) is 64.9 Å². The van der Waals surface area contributed by atoms with Crippen LogP contribution in [0.15, 0.2) is 36.7 Å². The summed E-state index contributed by atoms with van der Waals surface area (Å²) in [5.74, 6) is 2.89. The van der Waals surface area contributed by atoms with Gasteiger partial charge in [-0.1, -0.05) is 12.0 Å². The number of likely N-dealkylation sites (tertiary alicyclic amines) is 1. The lowest BCUT2D eigenvalue weighted by atomic mass is 9.75. The molecule has 5 heterocycles. The van der Waals surface area contributed by atoms with Gasteiger partial charge in [0.2, 0.25) is 0 Å². The summed E-state index contributed by atoms with van der Waals surface area (Å²) in [6, 6.07) is 4.53. The molecule has 2 aliphatic carbocycles. The van der Waals surface area contributed by atoms with Gasteiger partial charge in [-0.25, -0.2) is 9.37 Å². The van der Waals surface area contributed by atoms with Crippen molar-refractivity contribution < 1.29 is 14.2 Å². The molecule has 2 bridgehead atoms. The van der Waals surface area contributed by atoms with Crippen molar-refractivity contribution >= 4 is 17.0 Å². The first-order valence-electron chi connectivity index (χ1n) is 15.6. The van der Waals surface area contributed by atoms with Gasteiger partial charge in [-0.2, -0.15) is 4.98 Å². The van der Waals surface area contributed by atoms with Crippen molar-refractivity contribution in [2.75, 3.05) is 32.8 Å².